The maximum atomic E-state index is 9.68. The summed E-state index contributed by atoms with van der Waals surface area (Å²) in [5.74, 6) is 0.778. The van der Waals surface area contributed by atoms with Crippen LogP contribution in [-0.4, -0.2) is 42.3 Å². The van der Waals surface area contributed by atoms with Crippen LogP contribution < -0.4 is 5.73 Å². The van der Waals surface area contributed by atoms with E-state index in [1.165, 1.54) is 11.8 Å². The van der Waals surface area contributed by atoms with Crippen LogP contribution >= 0.6 is 11.8 Å². The molecule has 4 N–H and O–H groups in total. The molecule has 9 nitrogen and oxygen atoms in total. The molecule has 1 saturated heterocycles. The fourth-order valence-electron chi connectivity index (χ4n) is 5.29. The number of hydrogen-bond acceptors (Lipinski definition) is 9. The quantitative estimate of drug-likeness (QED) is 0.187. The van der Waals surface area contributed by atoms with E-state index in [1.807, 2.05) is 54.6 Å². The average molecular weight is 596 g/mol. The summed E-state index contributed by atoms with van der Waals surface area (Å²) in [6, 6.07) is 31.0. The van der Waals surface area contributed by atoms with E-state index in [2.05, 4.69) is 40.6 Å². The van der Waals surface area contributed by atoms with Crippen LogP contribution in [0.5, 0.6) is 5.75 Å². The molecule has 10 heteroatoms. The summed E-state index contributed by atoms with van der Waals surface area (Å²) < 4.78 is 14.9. The van der Waals surface area contributed by atoms with Gasteiger partial charge in [-0.1, -0.05) is 91.5 Å². The van der Waals surface area contributed by atoms with Crippen molar-refractivity contribution in [3.8, 4) is 22.6 Å². The molecule has 0 unspecified atom stereocenters. The van der Waals surface area contributed by atoms with Crippen LogP contribution in [0, 0.1) is 5.92 Å². The highest BCUT2D eigenvalue weighted by molar-refractivity contribution is 7.99. The Labute approximate surface area is 254 Å². The summed E-state index contributed by atoms with van der Waals surface area (Å²) >= 11 is 1.51. The molecule has 5 aromatic rings. The third-order valence-corrected chi connectivity index (χ3v) is 8.77. The lowest BCUT2D eigenvalue weighted by Gasteiger charge is -2.41. The summed E-state index contributed by atoms with van der Waals surface area (Å²) in [6.07, 6.45) is -1.01. The molecular weight excluding hydrogens is 562 g/mol. The number of hydrogen-bond donors (Lipinski definition) is 3. The smallest absolute Gasteiger partial charge is 0.214 e. The van der Waals surface area contributed by atoms with E-state index in [-0.39, 0.29) is 30.5 Å². The molecule has 0 amide bonds. The fraction of sp³-hybridized carbons (Fsp3) is 0.242. The van der Waals surface area contributed by atoms with Crippen LogP contribution in [0.4, 0.5) is 0 Å². The molecule has 0 bridgehead atoms. The van der Waals surface area contributed by atoms with Crippen LogP contribution in [-0.2, 0) is 22.6 Å². The second-order valence-electron chi connectivity index (χ2n) is 10.5. The number of aromatic nitrogens is 4. The molecule has 220 valence electrons. The number of nitrogens with two attached hydrogens (primary N) is 1. The number of rotatable bonds is 9. The normalized spacial score (nSPS) is 20.3. The lowest BCUT2D eigenvalue weighted by molar-refractivity contribution is -0.268. The highest BCUT2D eigenvalue weighted by Gasteiger charge is 2.38. The standard InChI is InChI=1S/C33H33N5O4S/c1-21-30(20-43-33-35-36-37-38(33)27-14-16-28(40)17-15-27)41-32(42-31(21)24-8-6-22(19-39)7-9-24)25-12-10-23(11-13-25)29-5-3-2-4-26(29)18-34/h2-17,21,30-32,39-40H,18-20,34H2,1H3/t21-,30+,31+,32+/m1/s1. The Morgan fingerprint density at radius 3 is 2.33 bits per heavy atom. The number of tetrazole rings is 1. The minimum absolute atomic E-state index is 0.0115. The van der Waals surface area contributed by atoms with Gasteiger partial charge in [0.15, 0.2) is 6.29 Å². The Kier molecular flexibility index (Phi) is 8.82. The van der Waals surface area contributed by atoms with E-state index in [4.69, 9.17) is 15.2 Å². The number of phenolic OH excluding ortho intramolecular Hbond substituents is 1. The topological polar surface area (TPSA) is 129 Å². The molecule has 1 aliphatic rings. The minimum atomic E-state index is -0.587. The number of aliphatic hydroxyl groups excluding tert-OH is 1. The molecule has 2 heterocycles. The maximum Gasteiger partial charge on any atom is 0.214 e. The van der Waals surface area contributed by atoms with Crippen molar-refractivity contribution in [1.29, 1.82) is 0 Å². The number of aromatic hydroxyl groups is 1. The van der Waals surface area contributed by atoms with Gasteiger partial charge in [0.1, 0.15) is 5.75 Å². The van der Waals surface area contributed by atoms with Crippen molar-refractivity contribution in [2.75, 3.05) is 5.75 Å². The lowest BCUT2D eigenvalue weighted by Crippen LogP contribution is -2.38. The monoisotopic (exact) mass is 595 g/mol. The summed E-state index contributed by atoms with van der Waals surface area (Å²) in [4.78, 5) is 0. The Hall–Kier alpha value is -4.06. The second kappa shape index (κ2) is 13.1. The van der Waals surface area contributed by atoms with E-state index in [0.29, 0.717) is 17.5 Å². The van der Waals surface area contributed by atoms with E-state index in [9.17, 15) is 10.2 Å². The van der Waals surface area contributed by atoms with Gasteiger partial charge in [-0.05, 0) is 62.5 Å². The zero-order chi connectivity index (χ0) is 29.8. The number of aliphatic hydroxyl groups is 1. The first-order chi connectivity index (χ1) is 21.0. The molecule has 6 rings (SSSR count). The third-order valence-electron chi connectivity index (χ3n) is 7.77. The van der Waals surface area contributed by atoms with Crippen molar-refractivity contribution in [1.82, 2.24) is 20.2 Å². The molecule has 43 heavy (non-hydrogen) atoms. The van der Waals surface area contributed by atoms with Gasteiger partial charge < -0.3 is 25.4 Å². The summed E-state index contributed by atoms with van der Waals surface area (Å²) in [7, 11) is 0. The minimum Gasteiger partial charge on any atom is -0.508 e. The van der Waals surface area contributed by atoms with Crippen LogP contribution in [0.15, 0.2) is 102 Å². The number of nitrogens with zero attached hydrogens (tertiary/aromatic N) is 4. The number of phenols is 1. The predicted molar refractivity (Wildman–Crippen MR) is 164 cm³/mol. The van der Waals surface area contributed by atoms with Gasteiger partial charge in [0.05, 0.1) is 24.5 Å². The first-order valence-corrected chi connectivity index (χ1v) is 15.1. The molecule has 1 aromatic heterocycles. The Morgan fingerprint density at radius 2 is 1.60 bits per heavy atom. The average Bonchev–Trinajstić information content (AvgIpc) is 3.53. The van der Waals surface area contributed by atoms with Crippen molar-refractivity contribution >= 4 is 11.8 Å². The number of thioether (sulfide) groups is 1. The van der Waals surface area contributed by atoms with E-state index >= 15 is 0 Å². The molecule has 0 saturated carbocycles. The highest BCUT2D eigenvalue weighted by Crippen LogP contribution is 2.43. The van der Waals surface area contributed by atoms with Gasteiger partial charge in [0, 0.05) is 23.8 Å². The maximum absolute atomic E-state index is 9.68. The molecule has 4 atom stereocenters. The van der Waals surface area contributed by atoms with Crippen LogP contribution in [0.3, 0.4) is 0 Å². The molecule has 4 aromatic carbocycles. The highest BCUT2D eigenvalue weighted by atomic mass is 32.2. The number of ether oxygens (including phenoxy) is 2. The van der Waals surface area contributed by atoms with Crippen LogP contribution in [0.1, 0.15) is 41.6 Å². The zero-order valence-corrected chi connectivity index (χ0v) is 24.5. The Morgan fingerprint density at radius 1 is 0.884 bits per heavy atom. The first kappa shape index (κ1) is 29.0. The largest absolute Gasteiger partial charge is 0.508 e. The molecule has 0 radical (unpaired) electrons. The Balaban J connectivity index is 1.26. The van der Waals surface area contributed by atoms with Gasteiger partial charge in [-0.3, -0.25) is 0 Å². The molecule has 0 aliphatic carbocycles. The summed E-state index contributed by atoms with van der Waals surface area (Å²) in [5.41, 5.74) is 12.8. The summed E-state index contributed by atoms with van der Waals surface area (Å²) in [6.45, 7) is 2.58. The second-order valence-corrected chi connectivity index (χ2v) is 11.5. The molecule has 1 aliphatic heterocycles. The van der Waals surface area contributed by atoms with Crippen molar-refractivity contribution in [2.24, 2.45) is 11.7 Å². The zero-order valence-electron chi connectivity index (χ0n) is 23.7. The van der Waals surface area contributed by atoms with E-state index in [0.717, 1.165) is 39.1 Å². The Bertz CT molecular complexity index is 1640. The van der Waals surface area contributed by atoms with Gasteiger partial charge in [-0.2, -0.15) is 4.68 Å². The SMILES string of the molecule is C[C@@H]1[C@H](CSc2nnnn2-c2ccc(O)cc2)O[C@H](c2ccc(-c3ccccc3CN)cc2)O[C@@H]1c1ccc(CO)cc1. The van der Waals surface area contributed by atoms with Crippen molar-refractivity contribution in [3.63, 3.8) is 0 Å². The van der Waals surface area contributed by atoms with Gasteiger partial charge >= 0.3 is 0 Å². The third kappa shape index (κ3) is 6.34. The van der Waals surface area contributed by atoms with Gasteiger partial charge in [-0.25, -0.2) is 0 Å². The van der Waals surface area contributed by atoms with Crippen LogP contribution in [0.25, 0.3) is 16.8 Å². The fourth-order valence-corrected chi connectivity index (χ4v) is 6.34. The van der Waals surface area contributed by atoms with Crippen molar-refractivity contribution < 1.29 is 19.7 Å². The number of benzene rings is 4. The predicted octanol–water partition coefficient (Wildman–Crippen LogP) is 5.57. The molecule has 1 fully saturated rings. The van der Waals surface area contributed by atoms with Gasteiger partial charge in [0.25, 0.3) is 0 Å². The van der Waals surface area contributed by atoms with E-state index in [1.54, 1.807) is 28.9 Å². The first-order valence-electron chi connectivity index (χ1n) is 14.1. The summed E-state index contributed by atoms with van der Waals surface area (Å²) in [5, 5.41) is 32.1. The molecule has 0 spiro atoms. The molecular formula is C33H33N5O4S. The van der Waals surface area contributed by atoms with Crippen molar-refractivity contribution in [3.05, 3.63) is 119 Å². The van der Waals surface area contributed by atoms with Crippen molar-refractivity contribution in [2.45, 2.75) is 43.7 Å². The van der Waals surface area contributed by atoms with Gasteiger partial charge in [0.2, 0.25) is 5.16 Å². The van der Waals surface area contributed by atoms with Gasteiger partial charge in [-0.15, -0.1) is 5.10 Å². The lowest BCUT2D eigenvalue weighted by atomic mass is 9.91. The van der Waals surface area contributed by atoms with E-state index < -0.39 is 6.29 Å². The van der Waals surface area contributed by atoms with Crippen LogP contribution in [0.2, 0.25) is 0 Å².